The molecule has 7 heteroatoms. The molecular formula is C5H4N4O2S. The molecule has 0 aromatic carbocycles. The van der Waals surface area contributed by atoms with Crippen molar-refractivity contribution >= 4 is 22.1 Å². The minimum Gasteiger partial charge on any atom is -0.242 e. The Balaban J connectivity index is 2.87. The fraction of sp³-hybridized carbons (Fsp3) is 0. The average Bonchev–Trinajstić information content (AvgIpc) is 2.47. The molecule has 2 rings (SSSR count). The lowest BCUT2D eigenvalue weighted by molar-refractivity contribution is 0.608. The summed E-state index contributed by atoms with van der Waals surface area (Å²) in [5.41, 5.74) is 0.776. The molecule has 0 aliphatic carbocycles. The van der Waals surface area contributed by atoms with E-state index in [-0.39, 0.29) is 0 Å². The van der Waals surface area contributed by atoms with Crippen molar-refractivity contribution in [2.45, 2.75) is 0 Å². The van der Waals surface area contributed by atoms with Crippen LogP contribution < -0.4 is 0 Å². The molecule has 0 saturated carbocycles. The predicted octanol–water partition coefficient (Wildman–Crippen LogP) is -0.799. The van der Waals surface area contributed by atoms with Gasteiger partial charge >= 0.3 is 0 Å². The van der Waals surface area contributed by atoms with Crippen LogP contribution in [0, 0.1) is 0 Å². The van der Waals surface area contributed by atoms with Crippen LogP contribution in [0.1, 0.15) is 0 Å². The van der Waals surface area contributed by atoms with Gasteiger partial charge in [0.25, 0.3) is 0 Å². The smallest absolute Gasteiger partial charge is 0.231 e. The fourth-order valence-electron chi connectivity index (χ4n) is 0.874. The maximum absolute atomic E-state index is 10.6. The van der Waals surface area contributed by atoms with Gasteiger partial charge in [0, 0.05) is 0 Å². The van der Waals surface area contributed by atoms with E-state index in [9.17, 15) is 8.42 Å². The van der Waals surface area contributed by atoms with Crippen LogP contribution >= 0.6 is 0 Å². The molecule has 0 fully saturated rings. The summed E-state index contributed by atoms with van der Waals surface area (Å²) in [5.74, 6) is 0. The summed E-state index contributed by atoms with van der Waals surface area (Å²) >= 11 is 0. The highest BCUT2D eigenvalue weighted by molar-refractivity contribution is 7.71. The molecule has 2 heterocycles. The van der Waals surface area contributed by atoms with Crippen molar-refractivity contribution in [2.75, 3.05) is 0 Å². The second kappa shape index (κ2) is 2.52. The Kier molecular flexibility index (Phi) is 1.51. The van der Waals surface area contributed by atoms with E-state index >= 15 is 0 Å². The fourth-order valence-corrected chi connectivity index (χ4v) is 1.32. The number of rotatable bonds is 1. The summed E-state index contributed by atoms with van der Waals surface area (Å²) in [6.45, 7) is 0. The molecule has 0 spiro atoms. The number of hydrogen-bond acceptors (Lipinski definition) is 5. The normalized spacial score (nSPS) is 11.1. The highest BCUT2D eigenvalue weighted by Gasteiger charge is 2.02. The highest BCUT2D eigenvalue weighted by Crippen LogP contribution is 2.05. The van der Waals surface area contributed by atoms with Gasteiger partial charge in [0.15, 0.2) is 5.65 Å². The van der Waals surface area contributed by atoms with Crippen LogP contribution in [0.2, 0.25) is 0 Å². The van der Waals surface area contributed by atoms with Crippen LogP contribution in [0.4, 0.5) is 0 Å². The third-order valence-electron chi connectivity index (χ3n) is 1.37. The molecule has 0 amide bonds. The van der Waals surface area contributed by atoms with Gasteiger partial charge in [0.05, 0.1) is 6.20 Å². The molecule has 0 bridgehead atoms. The third kappa shape index (κ3) is 0.944. The maximum atomic E-state index is 10.6. The first-order valence-corrected chi connectivity index (χ1v) is 4.20. The zero-order valence-electron chi connectivity index (χ0n) is 5.78. The monoisotopic (exact) mass is 184 g/mol. The van der Waals surface area contributed by atoms with Gasteiger partial charge < -0.3 is 0 Å². The van der Waals surface area contributed by atoms with E-state index in [1.54, 1.807) is 0 Å². The van der Waals surface area contributed by atoms with Crippen LogP contribution in [0.15, 0.2) is 18.9 Å². The standard InChI is InChI=1S/C5H4N4O2S/c10-12(11)9-3-8-4-1-6-2-7-5(4)9/h1-3,12H. The van der Waals surface area contributed by atoms with E-state index < -0.39 is 10.9 Å². The Labute approximate surface area is 69.0 Å². The average molecular weight is 184 g/mol. The third-order valence-corrected chi connectivity index (χ3v) is 2.02. The number of hydrogen-bond donors (Lipinski definition) is 1. The summed E-state index contributed by atoms with van der Waals surface area (Å²) in [6.07, 6.45) is 3.93. The van der Waals surface area contributed by atoms with Gasteiger partial charge in [-0.2, -0.15) is 0 Å². The van der Waals surface area contributed by atoms with Gasteiger partial charge in [-0.25, -0.2) is 27.3 Å². The first kappa shape index (κ1) is 7.17. The first-order chi connectivity index (χ1) is 5.79. The molecule has 0 unspecified atom stereocenters. The molecular weight excluding hydrogens is 180 g/mol. The molecule has 0 aliphatic rings. The Hall–Kier alpha value is -1.50. The Bertz CT molecular complexity index is 481. The van der Waals surface area contributed by atoms with E-state index in [2.05, 4.69) is 15.0 Å². The lowest BCUT2D eigenvalue weighted by Gasteiger charge is -1.88. The second-order valence-electron chi connectivity index (χ2n) is 2.06. The predicted molar refractivity (Wildman–Crippen MR) is 41.0 cm³/mol. The number of fused-ring (bicyclic) bond motifs is 1. The highest BCUT2D eigenvalue weighted by atomic mass is 32.2. The van der Waals surface area contributed by atoms with Crippen LogP contribution in [-0.2, 0) is 10.9 Å². The van der Waals surface area contributed by atoms with E-state index in [1.165, 1.54) is 18.9 Å². The van der Waals surface area contributed by atoms with Crippen molar-refractivity contribution in [2.24, 2.45) is 0 Å². The van der Waals surface area contributed by atoms with E-state index in [1.807, 2.05) is 0 Å². The topological polar surface area (TPSA) is 77.7 Å². The molecule has 0 atom stereocenters. The molecule has 0 N–H and O–H groups in total. The summed E-state index contributed by atoms with van der Waals surface area (Å²) < 4.78 is 22.1. The molecule has 0 aliphatic heterocycles. The zero-order chi connectivity index (χ0) is 8.55. The summed E-state index contributed by atoms with van der Waals surface area (Å²) in [7, 11) is -2.69. The van der Waals surface area contributed by atoms with Crippen molar-refractivity contribution in [3.05, 3.63) is 18.9 Å². The summed E-state index contributed by atoms with van der Waals surface area (Å²) in [5, 5.41) is 0. The Morgan fingerprint density at radius 2 is 2.17 bits per heavy atom. The SMILES string of the molecule is O=[SH](=O)n1cnc2cncnc21. The largest absolute Gasteiger partial charge is 0.242 e. The van der Waals surface area contributed by atoms with Gasteiger partial charge in [0.2, 0.25) is 10.9 Å². The van der Waals surface area contributed by atoms with Crippen molar-refractivity contribution in [1.29, 1.82) is 0 Å². The summed E-state index contributed by atoms with van der Waals surface area (Å²) in [6, 6.07) is 0. The van der Waals surface area contributed by atoms with Gasteiger partial charge in [-0.05, 0) is 0 Å². The molecule has 0 saturated heterocycles. The quantitative estimate of drug-likeness (QED) is 0.587. The van der Waals surface area contributed by atoms with E-state index in [4.69, 9.17) is 0 Å². The van der Waals surface area contributed by atoms with Crippen molar-refractivity contribution in [1.82, 2.24) is 18.9 Å². The molecule has 62 valence electrons. The van der Waals surface area contributed by atoms with Crippen LogP contribution in [-0.4, -0.2) is 27.3 Å². The Morgan fingerprint density at radius 1 is 1.33 bits per heavy atom. The Morgan fingerprint density at radius 3 is 2.92 bits per heavy atom. The van der Waals surface area contributed by atoms with Crippen molar-refractivity contribution < 1.29 is 8.42 Å². The number of aromatic nitrogens is 4. The lowest BCUT2D eigenvalue weighted by atomic mass is 10.6. The molecule has 6 nitrogen and oxygen atoms in total. The zero-order valence-corrected chi connectivity index (χ0v) is 6.68. The summed E-state index contributed by atoms with van der Waals surface area (Å²) in [4.78, 5) is 11.3. The molecule has 0 radical (unpaired) electrons. The first-order valence-electron chi connectivity index (χ1n) is 3.07. The number of imidazole rings is 1. The van der Waals surface area contributed by atoms with Crippen LogP contribution in [0.3, 0.4) is 0 Å². The number of nitrogens with zero attached hydrogens (tertiary/aromatic N) is 4. The minimum absolute atomic E-state index is 0.307. The van der Waals surface area contributed by atoms with Gasteiger partial charge in [-0.3, -0.25) is 0 Å². The second-order valence-corrected chi connectivity index (χ2v) is 2.97. The minimum atomic E-state index is -2.69. The van der Waals surface area contributed by atoms with E-state index in [0.29, 0.717) is 11.2 Å². The van der Waals surface area contributed by atoms with Gasteiger partial charge in [-0.15, -0.1) is 0 Å². The van der Waals surface area contributed by atoms with Crippen molar-refractivity contribution in [3.8, 4) is 0 Å². The maximum Gasteiger partial charge on any atom is 0.231 e. The van der Waals surface area contributed by atoms with Crippen LogP contribution in [0.5, 0.6) is 0 Å². The number of thiol groups is 1. The molecule has 2 aromatic rings. The molecule has 12 heavy (non-hydrogen) atoms. The van der Waals surface area contributed by atoms with Gasteiger partial charge in [-0.1, -0.05) is 0 Å². The molecule has 2 aromatic heterocycles. The van der Waals surface area contributed by atoms with Gasteiger partial charge in [0.1, 0.15) is 18.2 Å². The lowest BCUT2D eigenvalue weighted by Crippen LogP contribution is -1.94. The van der Waals surface area contributed by atoms with Crippen molar-refractivity contribution in [3.63, 3.8) is 0 Å². The van der Waals surface area contributed by atoms with Crippen LogP contribution in [0.25, 0.3) is 11.2 Å². The van der Waals surface area contributed by atoms with E-state index in [0.717, 1.165) is 3.97 Å².